The first-order chi connectivity index (χ1) is 12.5. The van der Waals surface area contributed by atoms with E-state index in [4.69, 9.17) is 4.74 Å². The van der Waals surface area contributed by atoms with Gasteiger partial charge in [-0.25, -0.2) is 0 Å². The molecule has 5 heteroatoms. The second kappa shape index (κ2) is 8.04. The van der Waals surface area contributed by atoms with Crippen molar-refractivity contribution in [2.45, 2.75) is 45.6 Å². The molecular weight excluding hydrogens is 346 g/mol. The lowest BCUT2D eigenvalue weighted by molar-refractivity contribution is -0.119. The number of benzene rings is 1. The normalized spacial score (nSPS) is 14.7. The average Bonchev–Trinajstić information content (AvgIpc) is 3.41. The number of carbonyl (C=O) groups is 2. The third-order valence-electron chi connectivity index (χ3n) is 4.91. The Bertz CT molecular complexity index is 777. The highest BCUT2D eigenvalue weighted by Gasteiger charge is 2.35. The molecule has 1 aliphatic rings. The van der Waals surface area contributed by atoms with Crippen molar-refractivity contribution in [3.05, 3.63) is 46.2 Å². The molecule has 1 aliphatic carbocycles. The summed E-state index contributed by atoms with van der Waals surface area (Å²) in [4.78, 5) is 29.0. The van der Waals surface area contributed by atoms with E-state index >= 15 is 0 Å². The van der Waals surface area contributed by atoms with Crippen LogP contribution in [0.15, 0.2) is 36.4 Å². The van der Waals surface area contributed by atoms with Gasteiger partial charge in [-0.2, -0.15) is 0 Å². The molecule has 1 fully saturated rings. The minimum absolute atomic E-state index is 0.0104. The summed E-state index contributed by atoms with van der Waals surface area (Å²) >= 11 is 1.49. The van der Waals surface area contributed by atoms with Crippen LogP contribution >= 0.6 is 11.3 Å². The number of ether oxygens (including phenoxy) is 1. The largest absolute Gasteiger partial charge is 0.497 e. The van der Waals surface area contributed by atoms with Gasteiger partial charge >= 0.3 is 0 Å². The highest BCUT2D eigenvalue weighted by atomic mass is 32.1. The Kier molecular flexibility index (Phi) is 5.77. The number of nitrogens with zero attached hydrogens (tertiary/aromatic N) is 1. The number of anilines is 1. The predicted molar refractivity (Wildman–Crippen MR) is 105 cm³/mol. The molecule has 1 unspecified atom stereocenters. The van der Waals surface area contributed by atoms with Gasteiger partial charge in [0, 0.05) is 29.4 Å². The fourth-order valence-corrected chi connectivity index (χ4v) is 4.02. The Morgan fingerprint density at radius 3 is 2.38 bits per heavy atom. The number of amides is 1. The Hall–Kier alpha value is -2.14. The molecule has 4 nitrogen and oxygen atoms in total. The third-order valence-corrected chi connectivity index (χ3v) is 5.95. The Balaban J connectivity index is 1.71. The van der Waals surface area contributed by atoms with Crippen LogP contribution in [0.1, 0.15) is 47.2 Å². The van der Waals surface area contributed by atoms with Gasteiger partial charge in [-0.05, 0) is 69.0 Å². The second-order valence-corrected chi connectivity index (χ2v) is 8.16. The molecule has 3 rings (SSSR count). The smallest absolute Gasteiger partial charge is 0.227 e. The Labute approximate surface area is 158 Å². The van der Waals surface area contributed by atoms with Crippen molar-refractivity contribution in [2.24, 2.45) is 5.92 Å². The molecule has 26 heavy (non-hydrogen) atoms. The van der Waals surface area contributed by atoms with Crippen molar-refractivity contribution in [2.75, 3.05) is 12.0 Å². The molecule has 0 N–H and O–H groups in total. The van der Waals surface area contributed by atoms with Gasteiger partial charge in [0.15, 0.2) is 5.78 Å². The van der Waals surface area contributed by atoms with Gasteiger partial charge in [0.25, 0.3) is 0 Å². The van der Waals surface area contributed by atoms with E-state index in [0.29, 0.717) is 5.92 Å². The van der Waals surface area contributed by atoms with E-state index in [1.54, 1.807) is 7.11 Å². The van der Waals surface area contributed by atoms with Gasteiger partial charge in [-0.3, -0.25) is 9.59 Å². The van der Waals surface area contributed by atoms with Crippen molar-refractivity contribution in [1.82, 2.24) is 0 Å². The third kappa shape index (κ3) is 4.33. The van der Waals surface area contributed by atoms with E-state index in [9.17, 15) is 9.59 Å². The van der Waals surface area contributed by atoms with E-state index in [0.717, 1.165) is 34.0 Å². The first kappa shape index (κ1) is 18.6. The number of rotatable bonds is 8. The SMILES string of the molecule is COc1ccc(N(C(=O)CCC(=O)c2ccc(C)s2)C(C)C2CC2)cc1. The summed E-state index contributed by atoms with van der Waals surface area (Å²) in [7, 11) is 1.63. The molecule has 0 saturated heterocycles. The Morgan fingerprint density at radius 2 is 1.85 bits per heavy atom. The first-order valence-electron chi connectivity index (χ1n) is 9.05. The summed E-state index contributed by atoms with van der Waals surface area (Å²) in [6.45, 7) is 4.08. The number of ketones is 1. The second-order valence-electron chi connectivity index (χ2n) is 6.87. The molecule has 1 amide bonds. The van der Waals surface area contributed by atoms with Crippen LogP contribution in [0.25, 0.3) is 0 Å². The molecule has 0 radical (unpaired) electrons. The average molecular weight is 372 g/mol. The molecule has 2 aromatic rings. The number of carbonyl (C=O) groups excluding carboxylic acids is 2. The van der Waals surface area contributed by atoms with Gasteiger partial charge in [0.1, 0.15) is 5.75 Å². The lowest BCUT2D eigenvalue weighted by atomic mass is 10.1. The fourth-order valence-electron chi connectivity index (χ4n) is 3.19. The van der Waals surface area contributed by atoms with Gasteiger partial charge in [0.2, 0.25) is 5.91 Å². The van der Waals surface area contributed by atoms with E-state index in [-0.39, 0.29) is 30.6 Å². The van der Waals surface area contributed by atoms with Gasteiger partial charge < -0.3 is 9.64 Å². The van der Waals surface area contributed by atoms with E-state index in [2.05, 4.69) is 6.92 Å². The fraction of sp³-hybridized carbons (Fsp3) is 0.429. The molecule has 1 aromatic heterocycles. The van der Waals surface area contributed by atoms with Crippen molar-refractivity contribution in [3.63, 3.8) is 0 Å². The standard InChI is InChI=1S/C21H25NO3S/c1-14-4-12-20(26-14)19(23)11-13-21(24)22(15(2)16-5-6-16)17-7-9-18(25-3)10-8-17/h4,7-10,12,15-16H,5-6,11,13H2,1-3H3. The molecule has 1 saturated carbocycles. The van der Waals surface area contributed by atoms with E-state index in [1.807, 2.05) is 48.2 Å². The highest BCUT2D eigenvalue weighted by molar-refractivity contribution is 7.14. The van der Waals surface area contributed by atoms with Crippen LogP contribution in [0.3, 0.4) is 0 Å². The molecule has 0 spiro atoms. The van der Waals surface area contributed by atoms with Crippen LogP contribution in [0, 0.1) is 12.8 Å². The van der Waals surface area contributed by atoms with Crippen LogP contribution in [0.2, 0.25) is 0 Å². The van der Waals surface area contributed by atoms with Crippen molar-refractivity contribution in [1.29, 1.82) is 0 Å². The van der Waals surface area contributed by atoms with Crippen LogP contribution in [-0.2, 0) is 4.79 Å². The van der Waals surface area contributed by atoms with Crippen molar-refractivity contribution >= 4 is 28.7 Å². The summed E-state index contributed by atoms with van der Waals surface area (Å²) < 4.78 is 5.21. The quantitative estimate of drug-likeness (QED) is 0.623. The maximum Gasteiger partial charge on any atom is 0.227 e. The topological polar surface area (TPSA) is 46.6 Å². The zero-order chi connectivity index (χ0) is 18.7. The number of aryl methyl sites for hydroxylation is 1. The molecule has 0 aliphatic heterocycles. The molecular formula is C21H25NO3S. The first-order valence-corrected chi connectivity index (χ1v) is 9.87. The summed E-state index contributed by atoms with van der Waals surface area (Å²) in [5.74, 6) is 1.38. The molecule has 1 aromatic carbocycles. The van der Waals surface area contributed by atoms with Crippen molar-refractivity contribution < 1.29 is 14.3 Å². The summed E-state index contributed by atoms with van der Waals surface area (Å²) in [6.07, 6.45) is 2.81. The summed E-state index contributed by atoms with van der Waals surface area (Å²) in [6, 6.07) is 11.5. The predicted octanol–water partition coefficient (Wildman–Crippen LogP) is 4.86. The minimum atomic E-state index is 0.0104. The molecule has 1 heterocycles. The number of methoxy groups -OCH3 is 1. The van der Waals surface area contributed by atoms with Crippen LogP contribution in [0.4, 0.5) is 5.69 Å². The lowest BCUT2D eigenvalue weighted by Gasteiger charge is -2.30. The van der Waals surface area contributed by atoms with Crippen LogP contribution < -0.4 is 9.64 Å². The number of hydrogen-bond acceptors (Lipinski definition) is 4. The van der Waals surface area contributed by atoms with E-state index < -0.39 is 0 Å². The van der Waals surface area contributed by atoms with Crippen LogP contribution in [-0.4, -0.2) is 24.8 Å². The van der Waals surface area contributed by atoms with Crippen LogP contribution in [0.5, 0.6) is 5.75 Å². The maximum absolute atomic E-state index is 13.0. The Morgan fingerprint density at radius 1 is 1.15 bits per heavy atom. The highest BCUT2D eigenvalue weighted by Crippen LogP contribution is 2.37. The molecule has 138 valence electrons. The number of Topliss-reactive ketones (excluding diaryl/α,β-unsaturated/α-hetero) is 1. The number of hydrogen-bond donors (Lipinski definition) is 0. The maximum atomic E-state index is 13.0. The van der Waals surface area contributed by atoms with Gasteiger partial charge in [-0.15, -0.1) is 11.3 Å². The van der Waals surface area contributed by atoms with Crippen molar-refractivity contribution in [3.8, 4) is 5.75 Å². The van der Waals surface area contributed by atoms with E-state index in [1.165, 1.54) is 11.3 Å². The lowest BCUT2D eigenvalue weighted by Crippen LogP contribution is -2.40. The molecule has 0 bridgehead atoms. The summed E-state index contributed by atoms with van der Waals surface area (Å²) in [5.41, 5.74) is 0.870. The summed E-state index contributed by atoms with van der Waals surface area (Å²) in [5, 5.41) is 0. The zero-order valence-electron chi connectivity index (χ0n) is 15.5. The minimum Gasteiger partial charge on any atom is -0.497 e. The molecule has 1 atom stereocenters. The van der Waals surface area contributed by atoms with Gasteiger partial charge in [0.05, 0.1) is 12.0 Å². The monoisotopic (exact) mass is 371 g/mol. The zero-order valence-corrected chi connectivity index (χ0v) is 16.3. The number of thiophene rings is 1. The van der Waals surface area contributed by atoms with Gasteiger partial charge in [-0.1, -0.05) is 0 Å².